The lowest BCUT2D eigenvalue weighted by Crippen LogP contribution is -2.30. The SMILES string of the molecule is CC(C)C[C@@H](/C=C/c1ccc(Br)cc1)NCCCS(=O)(=O)O. The maximum Gasteiger partial charge on any atom is 0.264 e. The molecule has 22 heavy (non-hydrogen) atoms. The van der Waals surface area contributed by atoms with E-state index in [2.05, 4.69) is 47.2 Å². The molecule has 0 amide bonds. The topological polar surface area (TPSA) is 66.4 Å². The molecule has 1 aromatic carbocycles. The number of benzene rings is 1. The van der Waals surface area contributed by atoms with E-state index in [0.29, 0.717) is 18.9 Å². The van der Waals surface area contributed by atoms with Crippen molar-refractivity contribution in [3.63, 3.8) is 0 Å². The van der Waals surface area contributed by atoms with Crippen LogP contribution in [0.25, 0.3) is 6.08 Å². The molecule has 6 heteroatoms. The minimum Gasteiger partial charge on any atom is -0.310 e. The summed E-state index contributed by atoms with van der Waals surface area (Å²) in [5.74, 6) is 0.332. The van der Waals surface area contributed by atoms with E-state index in [1.807, 2.05) is 24.3 Å². The second-order valence-corrected chi connectivity index (χ2v) is 8.23. The Bertz CT molecular complexity index is 568. The van der Waals surface area contributed by atoms with Gasteiger partial charge in [-0.2, -0.15) is 8.42 Å². The summed E-state index contributed by atoms with van der Waals surface area (Å²) >= 11 is 3.41. The fraction of sp³-hybridized carbons (Fsp3) is 0.500. The molecule has 1 atom stereocenters. The zero-order valence-electron chi connectivity index (χ0n) is 13.0. The van der Waals surface area contributed by atoms with Gasteiger partial charge in [0.05, 0.1) is 5.75 Å². The first-order valence-corrected chi connectivity index (χ1v) is 9.79. The van der Waals surface area contributed by atoms with Crippen molar-refractivity contribution >= 4 is 32.1 Å². The second-order valence-electron chi connectivity index (χ2n) is 5.74. The van der Waals surface area contributed by atoms with Gasteiger partial charge in [-0.25, -0.2) is 0 Å². The Labute approximate surface area is 141 Å². The van der Waals surface area contributed by atoms with Gasteiger partial charge in [-0.1, -0.05) is 54.1 Å². The van der Waals surface area contributed by atoms with Crippen LogP contribution in [0.4, 0.5) is 0 Å². The molecule has 2 N–H and O–H groups in total. The highest BCUT2D eigenvalue weighted by molar-refractivity contribution is 9.10. The predicted molar refractivity (Wildman–Crippen MR) is 95.5 cm³/mol. The maximum atomic E-state index is 10.7. The highest BCUT2D eigenvalue weighted by atomic mass is 79.9. The normalized spacial score (nSPS) is 13.9. The molecule has 0 saturated carbocycles. The molecule has 1 aromatic rings. The smallest absolute Gasteiger partial charge is 0.264 e. The molecule has 0 unspecified atom stereocenters. The van der Waals surface area contributed by atoms with Gasteiger partial charge in [-0.05, 0) is 43.0 Å². The molecule has 0 radical (unpaired) electrons. The fourth-order valence-electron chi connectivity index (χ4n) is 2.08. The highest BCUT2D eigenvalue weighted by Gasteiger charge is 2.08. The van der Waals surface area contributed by atoms with Crippen LogP contribution >= 0.6 is 15.9 Å². The summed E-state index contributed by atoms with van der Waals surface area (Å²) < 4.78 is 31.2. The molecule has 0 aromatic heterocycles. The first kappa shape index (κ1) is 19.4. The zero-order valence-corrected chi connectivity index (χ0v) is 15.4. The van der Waals surface area contributed by atoms with Crippen LogP contribution < -0.4 is 5.32 Å². The van der Waals surface area contributed by atoms with E-state index in [1.54, 1.807) is 0 Å². The maximum absolute atomic E-state index is 10.7. The lowest BCUT2D eigenvalue weighted by molar-refractivity contribution is 0.462. The zero-order chi connectivity index (χ0) is 16.6. The third-order valence-electron chi connectivity index (χ3n) is 3.10. The standard InChI is InChI=1S/C16H24BrNO3S/c1-13(2)12-16(18-10-3-11-22(19,20)21)9-6-14-4-7-15(17)8-5-14/h4-9,13,16,18H,3,10-12H2,1-2H3,(H,19,20,21)/b9-6+/t16-/m1/s1. The summed E-state index contributed by atoms with van der Waals surface area (Å²) in [5.41, 5.74) is 1.12. The van der Waals surface area contributed by atoms with Crippen molar-refractivity contribution in [2.45, 2.75) is 32.7 Å². The van der Waals surface area contributed by atoms with E-state index < -0.39 is 10.1 Å². The van der Waals surface area contributed by atoms with Crippen LogP contribution in [0.5, 0.6) is 0 Å². The van der Waals surface area contributed by atoms with Gasteiger partial charge >= 0.3 is 0 Å². The van der Waals surface area contributed by atoms with Crippen LogP contribution in [0.2, 0.25) is 0 Å². The predicted octanol–water partition coefficient (Wildman–Crippen LogP) is 3.74. The number of hydrogen-bond donors (Lipinski definition) is 2. The van der Waals surface area contributed by atoms with Crippen molar-refractivity contribution in [2.24, 2.45) is 5.92 Å². The Morgan fingerprint density at radius 3 is 2.45 bits per heavy atom. The van der Waals surface area contributed by atoms with Crippen molar-refractivity contribution in [3.8, 4) is 0 Å². The molecule has 0 fully saturated rings. The van der Waals surface area contributed by atoms with Crippen LogP contribution in [0.15, 0.2) is 34.8 Å². The molecule has 0 aliphatic carbocycles. The fourth-order valence-corrected chi connectivity index (χ4v) is 2.85. The largest absolute Gasteiger partial charge is 0.310 e. The average molecular weight is 390 g/mol. The van der Waals surface area contributed by atoms with E-state index in [1.165, 1.54) is 0 Å². The number of halogens is 1. The first-order valence-electron chi connectivity index (χ1n) is 7.38. The van der Waals surface area contributed by atoms with Crippen LogP contribution in [0.1, 0.15) is 32.3 Å². The lowest BCUT2D eigenvalue weighted by Gasteiger charge is -2.17. The van der Waals surface area contributed by atoms with Gasteiger partial charge in [0, 0.05) is 10.5 Å². The summed E-state index contributed by atoms with van der Waals surface area (Å²) in [7, 11) is -3.87. The Balaban J connectivity index is 2.54. The lowest BCUT2D eigenvalue weighted by atomic mass is 10.0. The van der Waals surface area contributed by atoms with Gasteiger partial charge in [0.2, 0.25) is 0 Å². The molecular weight excluding hydrogens is 366 g/mol. The van der Waals surface area contributed by atoms with Crippen LogP contribution in [0, 0.1) is 5.92 Å². The van der Waals surface area contributed by atoms with E-state index in [4.69, 9.17) is 4.55 Å². The van der Waals surface area contributed by atoms with Gasteiger partial charge in [0.15, 0.2) is 0 Å². The number of rotatable bonds is 9. The van der Waals surface area contributed by atoms with E-state index in [9.17, 15) is 8.42 Å². The second kappa shape index (κ2) is 9.45. The molecule has 0 heterocycles. The minimum absolute atomic E-state index is 0.185. The van der Waals surface area contributed by atoms with Crippen molar-refractivity contribution in [1.29, 1.82) is 0 Å². The van der Waals surface area contributed by atoms with Crippen molar-refractivity contribution in [3.05, 3.63) is 40.4 Å². The monoisotopic (exact) mass is 389 g/mol. The van der Waals surface area contributed by atoms with Crippen LogP contribution in [0.3, 0.4) is 0 Å². The van der Waals surface area contributed by atoms with E-state index >= 15 is 0 Å². The molecule has 0 aliphatic rings. The average Bonchev–Trinajstić information content (AvgIpc) is 2.40. The summed E-state index contributed by atoms with van der Waals surface area (Å²) in [5, 5.41) is 3.33. The van der Waals surface area contributed by atoms with Gasteiger partial charge < -0.3 is 5.32 Å². The molecular formula is C16H24BrNO3S. The van der Waals surface area contributed by atoms with Crippen molar-refractivity contribution in [2.75, 3.05) is 12.3 Å². The first-order chi connectivity index (χ1) is 10.3. The summed E-state index contributed by atoms with van der Waals surface area (Å²) in [6.07, 6.45) is 5.55. The Kier molecular flexibility index (Phi) is 8.31. The third-order valence-corrected chi connectivity index (χ3v) is 4.44. The molecule has 124 valence electrons. The number of hydrogen-bond acceptors (Lipinski definition) is 3. The third kappa shape index (κ3) is 9.35. The van der Waals surface area contributed by atoms with Crippen LogP contribution in [-0.2, 0) is 10.1 Å². The van der Waals surface area contributed by atoms with Gasteiger partial charge in [0.1, 0.15) is 0 Å². The molecule has 0 bridgehead atoms. The Hall–Kier alpha value is -0.690. The summed E-state index contributed by atoms with van der Waals surface area (Å²) in [4.78, 5) is 0. The minimum atomic E-state index is -3.87. The Morgan fingerprint density at radius 2 is 1.91 bits per heavy atom. The molecule has 0 saturated heterocycles. The van der Waals surface area contributed by atoms with Gasteiger partial charge in [-0.15, -0.1) is 0 Å². The van der Waals surface area contributed by atoms with E-state index in [-0.39, 0.29) is 11.8 Å². The molecule has 0 spiro atoms. The van der Waals surface area contributed by atoms with Gasteiger partial charge in [0.25, 0.3) is 10.1 Å². The molecule has 0 aliphatic heterocycles. The van der Waals surface area contributed by atoms with Gasteiger partial charge in [-0.3, -0.25) is 4.55 Å². The van der Waals surface area contributed by atoms with Crippen molar-refractivity contribution < 1.29 is 13.0 Å². The van der Waals surface area contributed by atoms with Crippen LogP contribution in [-0.4, -0.2) is 31.3 Å². The number of nitrogens with one attached hydrogen (secondary N) is 1. The summed E-state index contributed by atoms with van der Waals surface area (Å²) in [6.45, 7) is 4.86. The van der Waals surface area contributed by atoms with Crippen molar-refractivity contribution in [1.82, 2.24) is 5.32 Å². The molecule has 4 nitrogen and oxygen atoms in total. The quantitative estimate of drug-likeness (QED) is 0.498. The highest BCUT2D eigenvalue weighted by Crippen LogP contribution is 2.13. The Morgan fingerprint density at radius 1 is 1.27 bits per heavy atom. The van der Waals surface area contributed by atoms with E-state index in [0.717, 1.165) is 16.5 Å². The summed E-state index contributed by atoms with van der Waals surface area (Å²) in [6, 6.07) is 8.24. The molecule has 1 rings (SSSR count).